The number of fused-ring (bicyclic) bond motifs is 2. The molecule has 2 fully saturated rings. The Kier molecular flexibility index (Phi) is 5.80. The summed E-state index contributed by atoms with van der Waals surface area (Å²) in [4.78, 5) is 21.4. The molecule has 0 aliphatic carbocycles. The molecule has 2 aliphatic rings. The summed E-state index contributed by atoms with van der Waals surface area (Å²) in [5.74, 6) is 0.514. The van der Waals surface area contributed by atoms with Crippen molar-refractivity contribution in [2.24, 2.45) is 17.8 Å². The van der Waals surface area contributed by atoms with Crippen molar-refractivity contribution in [1.29, 1.82) is 0 Å². The van der Waals surface area contributed by atoms with E-state index in [9.17, 15) is 14.3 Å². The lowest BCUT2D eigenvalue weighted by atomic mass is 10.0. The molecule has 34 heavy (non-hydrogen) atoms. The fourth-order valence-corrected chi connectivity index (χ4v) is 5.60. The maximum Gasteiger partial charge on any atom is 0.354 e. The molecule has 2 saturated heterocycles. The number of rotatable bonds is 6. The molecule has 5 rings (SSSR count). The molecule has 180 valence electrons. The molecule has 0 radical (unpaired) electrons. The quantitative estimate of drug-likeness (QED) is 0.582. The summed E-state index contributed by atoms with van der Waals surface area (Å²) >= 11 is 0. The second-order valence-electron chi connectivity index (χ2n) is 10.5. The minimum Gasteiger partial charge on any atom is -0.477 e. The third kappa shape index (κ3) is 4.04. The van der Waals surface area contributed by atoms with Crippen molar-refractivity contribution in [3.8, 4) is 5.69 Å². The number of carboxylic acid groups (broad SMARTS) is 1. The number of carbonyl (C=O) groups is 1. The van der Waals surface area contributed by atoms with Crippen molar-refractivity contribution in [2.45, 2.75) is 33.6 Å². The molecular formula is C26H32FN5O2. The van der Waals surface area contributed by atoms with Crippen LogP contribution in [-0.4, -0.2) is 63.5 Å². The third-order valence-corrected chi connectivity index (χ3v) is 7.01. The first-order valence-corrected chi connectivity index (χ1v) is 12.1. The van der Waals surface area contributed by atoms with Crippen LogP contribution in [0.15, 0.2) is 30.3 Å². The van der Waals surface area contributed by atoms with E-state index in [2.05, 4.69) is 42.5 Å². The third-order valence-electron chi connectivity index (χ3n) is 7.01. The van der Waals surface area contributed by atoms with Gasteiger partial charge in [0.1, 0.15) is 5.82 Å². The number of hydrogen-bond donors (Lipinski definition) is 1. The summed E-state index contributed by atoms with van der Waals surface area (Å²) in [6.07, 6.45) is 0. The summed E-state index contributed by atoms with van der Waals surface area (Å²) in [6, 6.07) is 7.75. The van der Waals surface area contributed by atoms with Crippen LogP contribution in [-0.2, 0) is 0 Å². The topological polar surface area (TPSA) is 74.5 Å². The molecule has 0 saturated carbocycles. The van der Waals surface area contributed by atoms with Gasteiger partial charge in [0, 0.05) is 32.7 Å². The Labute approximate surface area is 199 Å². The number of anilines is 1. The first kappa shape index (κ1) is 22.8. The number of pyridine rings is 1. The lowest BCUT2D eigenvalue weighted by Crippen LogP contribution is -2.31. The van der Waals surface area contributed by atoms with E-state index >= 15 is 0 Å². The van der Waals surface area contributed by atoms with Crippen LogP contribution in [0, 0.1) is 23.6 Å². The Morgan fingerprint density at radius 2 is 1.74 bits per heavy atom. The molecule has 2 atom stereocenters. The standard InChI is InChI=1S/C26H32FN5O2/c1-15(2)10-30-11-17-13-31(14-18(17)12-30)22-9-21(26(33)34)28-25-23(22)24(16(3)4)29-32(25)20-7-5-19(27)6-8-20/h5-9,15-18H,10-14H2,1-4H3,(H,33,34)/t17-,18+. The largest absolute Gasteiger partial charge is 0.477 e. The van der Waals surface area contributed by atoms with E-state index in [0.717, 1.165) is 49.5 Å². The Balaban J connectivity index is 1.60. The van der Waals surface area contributed by atoms with Crippen LogP contribution in [0.5, 0.6) is 0 Å². The summed E-state index contributed by atoms with van der Waals surface area (Å²) in [5.41, 5.74) is 2.92. The number of carboxylic acids is 1. The zero-order valence-corrected chi connectivity index (χ0v) is 20.2. The number of benzene rings is 1. The SMILES string of the molecule is CC(C)CN1C[C@@H]2CN(c3cc(C(=O)O)nc4c3c(C(C)C)nn4-c3ccc(F)cc3)C[C@@H]2C1. The molecule has 0 amide bonds. The normalized spacial score (nSPS) is 20.7. The van der Waals surface area contributed by atoms with Gasteiger partial charge in [-0.05, 0) is 54.0 Å². The molecule has 0 spiro atoms. The van der Waals surface area contributed by atoms with Gasteiger partial charge in [0.25, 0.3) is 0 Å². The minimum absolute atomic E-state index is 0.000406. The summed E-state index contributed by atoms with van der Waals surface area (Å²) in [7, 11) is 0. The highest BCUT2D eigenvalue weighted by Gasteiger charge is 2.41. The maximum atomic E-state index is 13.6. The minimum atomic E-state index is -1.07. The molecule has 8 heteroatoms. The van der Waals surface area contributed by atoms with Crippen LogP contribution in [0.2, 0.25) is 0 Å². The van der Waals surface area contributed by atoms with Gasteiger partial charge in [-0.2, -0.15) is 5.10 Å². The van der Waals surface area contributed by atoms with Crippen LogP contribution >= 0.6 is 0 Å². The van der Waals surface area contributed by atoms with Crippen LogP contribution in [0.4, 0.5) is 10.1 Å². The Morgan fingerprint density at radius 1 is 1.09 bits per heavy atom. The highest BCUT2D eigenvalue weighted by molar-refractivity contribution is 5.98. The van der Waals surface area contributed by atoms with Gasteiger partial charge in [0.2, 0.25) is 0 Å². The van der Waals surface area contributed by atoms with E-state index in [0.29, 0.717) is 29.1 Å². The van der Waals surface area contributed by atoms with E-state index in [1.54, 1.807) is 22.9 Å². The smallest absolute Gasteiger partial charge is 0.354 e. The number of nitrogens with zero attached hydrogens (tertiary/aromatic N) is 5. The van der Waals surface area contributed by atoms with Gasteiger partial charge >= 0.3 is 5.97 Å². The number of halogens is 1. The Hall–Kier alpha value is -3.00. The van der Waals surface area contributed by atoms with Crippen LogP contribution in [0.25, 0.3) is 16.7 Å². The highest BCUT2D eigenvalue weighted by atomic mass is 19.1. The Morgan fingerprint density at radius 3 is 2.29 bits per heavy atom. The van der Waals surface area contributed by atoms with Gasteiger partial charge < -0.3 is 14.9 Å². The zero-order valence-electron chi connectivity index (χ0n) is 20.2. The predicted octanol–water partition coefficient (Wildman–Crippen LogP) is 4.41. The maximum absolute atomic E-state index is 13.6. The molecule has 1 aromatic carbocycles. The van der Waals surface area contributed by atoms with Gasteiger partial charge in [0.15, 0.2) is 11.3 Å². The molecular weight excluding hydrogens is 433 g/mol. The average molecular weight is 466 g/mol. The summed E-state index contributed by atoms with van der Waals surface area (Å²) in [5, 5.41) is 15.6. The van der Waals surface area contributed by atoms with E-state index in [-0.39, 0.29) is 17.4 Å². The van der Waals surface area contributed by atoms with Crippen molar-refractivity contribution in [1.82, 2.24) is 19.7 Å². The van der Waals surface area contributed by atoms with E-state index in [1.807, 2.05) is 0 Å². The van der Waals surface area contributed by atoms with Crippen LogP contribution in [0.1, 0.15) is 49.8 Å². The lowest BCUT2D eigenvalue weighted by Gasteiger charge is -2.25. The van der Waals surface area contributed by atoms with E-state index in [1.165, 1.54) is 12.1 Å². The number of likely N-dealkylation sites (tertiary alicyclic amines) is 1. The van der Waals surface area contributed by atoms with Gasteiger partial charge in [-0.1, -0.05) is 27.7 Å². The molecule has 2 aliphatic heterocycles. The Bertz CT molecular complexity index is 1210. The molecule has 7 nitrogen and oxygen atoms in total. The predicted molar refractivity (Wildman–Crippen MR) is 130 cm³/mol. The van der Waals surface area contributed by atoms with Gasteiger partial charge in [0.05, 0.1) is 22.5 Å². The second-order valence-corrected chi connectivity index (χ2v) is 10.5. The zero-order chi connectivity index (χ0) is 24.1. The van der Waals surface area contributed by atoms with Crippen molar-refractivity contribution < 1.29 is 14.3 Å². The molecule has 2 aromatic heterocycles. The monoisotopic (exact) mass is 465 g/mol. The molecule has 4 heterocycles. The second kappa shape index (κ2) is 8.65. The first-order chi connectivity index (χ1) is 16.2. The van der Waals surface area contributed by atoms with Gasteiger partial charge in [-0.15, -0.1) is 0 Å². The van der Waals surface area contributed by atoms with Crippen molar-refractivity contribution >= 4 is 22.7 Å². The van der Waals surface area contributed by atoms with Crippen LogP contribution in [0.3, 0.4) is 0 Å². The van der Waals surface area contributed by atoms with Crippen molar-refractivity contribution in [3.05, 3.63) is 47.5 Å². The number of aromatic nitrogens is 3. The summed E-state index contributed by atoms with van der Waals surface area (Å²) in [6.45, 7) is 13.8. The van der Waals surface area contributed by atoms with E-state index in [4.69, 9.17) is 5.10 Å². The molecule has 1 N–H and O–H groups in total. The lowest BCUT2D eigenvalue weighted by molar-refractivity contribution is 0.0691. The average Bonchev–Trinajstić information content (AvgIpc) is 3.44. The summed E-state index contributed by atoms with van der Waals surface area (Å²) < 4.78 is 15.2. The molecule has 0 unspecified atom stereocenters. The van der Waals surface area contributed by atoms with Crippen molar-refractivity contribution in [2.75, 3.05) is 37.6 Å². The number of hydrogen-bond acceptors (Lipinski definition) is 5. The fraction of sp³-hybridized carbons (Fsp3) is 0.500. The van der Waals surface area contributed by atoms with E-state index < -0.39 is 5.97 Å². The van der Waals surface area contributed by atoms with Crippen LogP contribution < -0.4 is 4.90 Å². The first-order valence-electron chi connectivity index (χ1n) is 12.1. The highest BCUT2D eigenvalue weighted by Crippen LogP contribution is 2.40. The van der Waals surface area contributed by atoms with Gasteiger partial charge in [-0.25, -0.2) is 18.9 Å². The van der Waals surface area contributed by atoms with Crippen molar-refractivity contribution in [3.63, 3.8) is 0 Å². The molecule has 3 aromatic rings. The van der Waals surface area contributed by atoms with Gasteiger partial charge in [-0.3, -0.25) is 0 Å². The molecule has 0 bridgehead atoms. The fourth-order valence-electron chi connectivity index (χ4n) is 5.60. The number of aromatic carboxylic acids is 1.